The van der Waals surface area contributed by atoms with Crippen LogP contribution in [-0.4, -0.2) is 36.2 Å². The SMILES string of the molecule is CC1C[C@H](C(=O)NCCC2CCCCO2)[C@H](C(=O)O)C1. The minimum Gasteiger partial charge on any atom is -0.481 e. The van der Waals surface area contributed by atoms with Gasteiger partial charge in [0.05, 0.1) is 17.9 Å². The van der Waals surface area contributed by atoms with Crippen LogP contribution in [0.4, 0.5) is 0 Å². The molecule has 5 heteroatoms. The molecule has 1 saturated heterocycles. The molecule has 0 bridgehead atoms. The van der Waals surface area contributed by atoms with Crippen LogP contribution in [0.2, 0.25) is 0 Å². The fourth-order valence-corrected chi connectivity index (χ4v) is 3.38. The van der Waals surface area contributed by atoms with Gasteiger partial charge >= 0.3 is 5.97 Å². The minimum atomic E-state index is -0.842. The van der Waals surface area contributed by atoms with Crippen LogP contribution in [0.5, 0.6) is 0 Å². The van der Waals surface area contributed by atoms with Gasteiger partial charge in [0.2, 0.25) is 5.91 Å². The molecule has 1 aliphatic carbocycles. The molecule has 114 valence electrons. The van der Waals surface area contributed by atoms with E-state index in [2.05, 4.69) is 5.32 Å². The lowest BCUT2D eigenvalue weighted by Gasteiger charge is -2.23. The van der Waals surface area contributed by atoms with E-state index in [0.717, 1.165) is 25.9 Å². The first kappa shape index (κ1) is 15.3. The van der Waals surface area contributed by atoms with Crippen LogP contribution in [0.25, 0.3) is 0 Å². The molecule has 2 unspecified atom stereocenters. The van der Waals surface area contributed by atoms with Gasteiger partial charge in [-0.05, 0) is 44.4 Å². The van der Waals surface area contributed by atoms with Crippen LogP contribution in [0.3, 0.4) is 0 Å². The van der Waals surface area contributed by atoms with Crippen molar-refractivity contribution >= 4 is 11.9 Å². The first-order valence-electron chi connectivity index (χ1n) is 7.70. The summed E-state index contributed by atoms with van der Waals surface area (Å²) in [6, 6.07) is 0. The largest absolute Gasteiger partial charge is 0.481 e. The Hall–Kier alpha value is -1.10. The molecule has 1 saturated carbocycles. The van der Waals surface area contributed by atoms with E-state index in [1.54, 1.807) is 0 Å². The molecular weight excluding hydrogens is 258 g/mol. The predicted molar refractivity (Wildman–Crippen MR) is 74.2 cm³/mol. The number of carboxylic acids is 1. The quantitative estimate of drug-likeness (QED) is 0.807. The number of hydrogen-bond donors (Lipinski definition) is 2. The van der Waals surface area contributed by atoms with Crippen molar-refractivity contribution in [1.82, 2.24) is 5.32 Å². The molecule has 2 fully saturated rings. The Kier molecular flexibility index (Phi) is 5.40. The third-order valence-corrected chi connectivity index (χ3v) is 4.49. The molecule has 1 aliphatic heterocycles. The van der Waals surface area contributed by atoms with Gasteiger partial charge < -0.3 is 15.2 Å². The normalized spacial score (nSPS) is 33.9. The van der Waals surface area contributed by atoms with Gasteiger partial charge in [0, 0.05) is 13.2 Å². The second kappa shape index (κ2) is 7.07. The molecule has 1 heterocycles. The molecule has 2 rings (SSSR count). The number of carboxylic acid groups (broad SMARTS) is 1. The number of hydrogen-bond acceptors (Lipinski definition) is 3. The van der Waals surface area contributed by atoms with Gasteiger partial charge in [-0.15, -0.1) is 0 Å². The number of nitrogens with one attached hydrogen (secondary N) is 1. The van der Waals surface area contributed by atoms with E-state index in [4.69, 9.17) is 4.74 Å². The average molecular weight is 283 g/mol. The van der Waals surface area contributed by atoms with Crippen LogP contribution < -0.4 is 5.32 Å². The number of rotatable bonds is 5. The highest BCUT2D eigenvalue weighted by molar-refractivity contribution is 5.85. The standard InChI is InChI=1S/C15H25NO4/c1-10-8-12(13(9-10)15(18)19)14(17)16-6-5-11-4-2-3-7-20-11/h10-13H,2-9H2,1H3,(H,16,17)(H,18,19)/t10?,11?,12-,13+/m0/s1. The first-order chi connectivity index (χ1) is 9.58. The lowest BCUT2D eigenvalue weighted by molar-refractivity contribution is -0.146. The van der Waals surface area contributed by atoms with E-state index in [0.29, 0.717) is 25.3 Å². The maximum Gasteiger partial charge on any atom is 0.307 e. The van der Waals surface area contributed by atoms with Gasteiger partial charge in [0.15, 0.2) is 0 Å². The molecule has 20 heavy (non-hydrogen) atoms. The van der Waals surface area contributed by atoms with Crippen molar-refractivity contribution < 1.29 is 19.4 Å². The highest BCUT2D eigenvalue weighted by atomic mass is 16.5. The van der Waals surface area contributed by atoms with Crippen LogP contribution in [-0.2, 0) is 14.3 Å². The van der Waals surface area contributed by atoms with Crippen LogP contribution in [0.15, 0.2) is 0 Å². The van der Waals surface area contributed by atoms with Crippen molar-refractivity contribution in [3.63, 3.8) is 0 Å². The van der Waals surface area contributed by atoms with Gasteiger partial charge in [-0.1, -0.05) is 6.92 Å². The van der Waals surface area contributed by atoms with Crippen LogP contribution in [0, 0.1) is 17.8 Å². The smallest absolute Gasteiger partial charge is 0.307 e. The van der Waals surface area contributed by atoms with E-state index < -0.39 is 11.9 Å². The van der Waals surface area contributed by atoms with Crippen LogP contribution >= 0.6 is 0 Å². The van der Waals surface area contributed by atoms with Gasteiger partial charge in [0.25, 0.3) is 0 Å². The zero-order valence-electron chi connectivity index (χ0n) is 12.1. The Bertz CT molecular complexity index is 352. The summed E-state index contributed by atoms with van der Waals surface area (Å²) in [5, 5.41) is 12.1. The monoisotopic (exact) mass is 283 g/mol. The molecule has 5 nitrogen and oxygen atoms in total. The number of carbonyl (C=O) groups is 2. The zero-order valence-corrected chi connectivity index (χ0v) is 12.1. The summed E-state index contributed by atoms with van der Waals surface area (Å²) in [5.41, 5.74) is 0. The molecule has 0 aromatic carbocycles. The third-order valence-electron chi connectivity index (χ3n) is 4.49. The highest BCUT2D eigenvalue weighted by Gasteiger charge is 2.41. The topological polar surface area (TPSA) is 75.6 Å². The van der Waals surface area contributed by atoms with Crippen molar-refractivity contribution in [2.75, 3.05) is 13.2 Å². The molecule has 1 amide bonds. The number of carbonyl (C=O) groups excluding carboxylic acids is 1. The average Bonchev–Trinajstić information content (AvgIpc) is 2.82. The van der Waals surface area contributed by atoms with Crippen molar-refractivity contribution in [2.24, 2.45) is 17.8 Å². The lowest BCUT2D eigenvalue weighted by Crippen LogP contribution is -2.37. The van der Waals surface area contributed by atoms with Crippen molar-refractivity contribution in [2.45, 2.75) is 51.6 Å². The Morgan fingerprint density at radius 1 is 1.25 bits per heavy atom. The number of ether oxygens (including phenoxy) is 1. The Labute approximate surface area is 120 Å². The Morgan fingerprint density at radius 3 is 2.65 bits per heavy atom. The van der Waals surface area contributed by atoms with Gasteiger partial charge in [0.1, 0.15) is 0 Å². The first-order valence-corrected chi connectivity index (χ1v) is 7.70. The van der Waals surface area contributed by atoms with E-state index in [9.17, 15) is 14.7 Å². The van der Waals surface area contributed by atoms with Crippen molar-refractivity contribution in [3.8, 4) is 0 Å². The summed E-state index contributed by atoms with van der Waals surface area (Å²) in [7, 11) is 0. The molecule has 0 aromatic heterocycles. The minimum absolute atomic E-state index is 0.0995. The summed E-state index contributed by atoms with van der Waals surface area (Å²) < 4.78 is 5.62. The number of amides is 1. The van der Waals surface area contributed by atoms with Crippen LogP contribution in [0.1, 0.15) is 45.4 Å². The summed E-state index contributed by atoms with van der Waals surface area (Å²) >= 11 is 0. The van der Waals surface area contributed by atoms with E-state index in [1.807, 2.05) is 6.92 Å². The summed E-state index contributed by atoms with van der Waals surface area (Å²) in [4.78, 5) is 23.3. The number of aliphatic carboxylic acids is 1. The second-order valence-corrected chi connectivity index (χ2v) is 6.20. The van der Waals surface area contributed by atoms with E-state index in [1.165, 1.54) is 6.42 Å². The van der Waals surface area contributed by atoms with Gasteiger partial charge in [-0.25, -0.2) is 0 Å². The molecule has 0 aromatic rings. The van der Waals surface area contributed by atoms with E-state index in [-0.39, 0.29) is 17.9 Å². The highest BCUT2D eigenvalue weighted by Crippen LogP contribution is 2.36. The van der Waals surface area contributed by atoms with E-state index >= 15 is 0 Å². The molecular formula is C15H25NO4. The maximum atomic E-state index is 12.1. The van der Waals surface area contributed by atoms with Gasteiger partial charge in [-0.2, -0.15) is 0 Å². The molecule has 4 atom stereocenters. The maximum absolute atomic E-state index is 12.1. The summed E-state index contributed by atoms with van der Waals surface area (Å²) in [6.07, 6.45) is 5.76. The third kappa shape index (κ3) is 3.95. The lowest BCUT2D eigenvalue weighted by atomic mass is 9.95. The Balaban J connectivity index is 1.74. The summed E-state index contributed by atoms with van der Waals surface area (Å²) in [5.74, 6) is -1.51. The zero-order chi connectivity index (χ0) is 14.5. The molecule has 0 spiro atoms. The fraction of sp³-hybridized carbons (Fsp3) is 0.867. The molecule has 2 aliphatic rings. The van der Waals surface area contributed by atoms with Gasteiger partial charge in [-0.3, -0.25) is 9.59 Å². The Morgan fingerprint density at radius 2 is 2.00 bits per heavy atom. The second-order valence-electron chi connectivity index (χ2n) is 6.20. The summed E-state index contributed by atoms with van der Waals surface area (Å²) in [6.45, 7) is 3.42. The molecule has 2 N–H and O–H groups in total. The fourth-order valence-electron chi connectivity index (χ4n) is 3.38. The predicted octanol–water partition coefficient (Wildman–Crippen LogP) is 1.81. The molecule has 0 radical (unpaired) electrons. The van der Waals surface area contributed by atoms with Crippen molar-refractivity contribution in [3.05, 3.63) is 0 Å². The van der Waals surface area contributed by atoms with Crippen molar-refractivity contribution in [1.29, 1.82) is 0 Å².